The number of amides is 1. The predicted octanol–water partition coefficient (Wildman–Crippen LogP) is 2.66. The SMILES string of the molecule is Cc1cccc(OCCNC(=O)Cn2cnc3ccc(Br)cc3c2=O)c1. The number of carbonyl (C=O) groups excluding carboxylic acids is 1. The number of hydrogen-bond acceptors (Lipinski definition) is 4. The van der Waals surface area contributed by atoms with Gasteiger partial charge in [0.1, 0.15) is 18.9 Å². The van der Waals surface area contributed by atoms with Crippen LogP contribution in [0.5, 0.6) is 5.75 Å². The maximum Gasteiger partial charge on any atom is 0.261 e. The van der Waals surface area contributed by atoms with Crippen molar-refractivity contribution in [2.75, 3.05) is 13.2 Å². The first-order chi connectivity index (χ1) is 12.5. The third-order valence-electron chi connectivity index (χ3n) is 3.78. The molecule has 0 unspecified atom stereocenters. The van der Waals surface area contributed by atoms with Gasteiger partial charge in [0.05, 0.1) is 23.8 Å². The highest BCUT2D eigenvalue weighted by molar-refractivity contribution is 9.10. The standard InChI is InChI=1S/C19H18BrN3O3/c1-13-3-2-4-15(9-13)26-8-7-21-18(24)11-23-12-22-17-6-5-14(20)10-16(17)19(23)25/h2-6,9-10,12H,7-8,11H2,1H3,(H,21,24). The third kappa shape index (κ3) is 4.49. The third-order valence-corrected chi connectivity index (χ3v) is 4.28. The number of fused-ring (bicyclic) bond motifs is 1. The van der Waals surface area contributed by atoms with Crippen LogP contribution >= 0.6 is 15.9 Å². The van der Waals surface area contributed by atoms with Crippen LogP contribution < -0.4 is 15.6 Å². The fourth-order valence-corrected chi connectivity index (χ4v) is 2.88. The molecule has 0 atom stereocenters. The van der Waals surface area contributed by atoms with E-state index in [0.717, 1.165) is 15.8 Å². The molecule has 1 amide bonds. The summed E-state index contributed by atoms with van der Waals surface area (Å²) in [6, 6.07) is 13.0. The monoisotopic (exact) mass is 415 g/mol. The topological polar surface area (TPSA) is 73.2 Å². The van der Waals surface area contributed by atoms with E-state index >= 15 is 0 Å². The summed E-state index contributed by atoms with van der Waals surface area (Å²) < 4.78 is 7.67. The van der Waals surface area contributed by atoms with Crippen LogP contribution in [0.3, 0.4) is 0 Å². The minimum absolute atomic E-state index is 0.0846. The summed E-state index contributed by atoms with van der Waals surface area (Å²) in [4.78, 5) is 28.7. The largest absolute Gasteiger partial charge is 0.492 e. The molecule has 0 saturated heterocycles. The molecule has 0 aliphatic rings. The summed E-state index contributed by atoms with van der Waals surface area (Å²) in [6.07, 6.45) is 1.39. The van der Waals surface area contributed by atoms with Crippen LogP contribution in [0.25, 0.3) is 10.9 Å². The molecule has 0 saturated carbocycles. The van der Waals surface area contributed by atoms with Crippen molar-refractivity contribution < 1.29 is 9.53 Å². The average molecular weight is 416 g/mol. The van der Waals surface area contributed by atoms with E-state index in [1.807, 2.05) is 37.3 Å². The number of halogens is 1. The van der Waals surface area contributed by atoms with Crippen molar-refractivity contribution in [3.8, 4) is 5.75 Å². The molecule has 1 N–H and O–H groups in total. The highest BCUT2D eigenvalue weighted by atomic mass is 79.9. The predicted molar refractivity (Wildman–Crippen MR) is 103 cm³/mol. The number of hydrogen-bond donors (Lipinski definition) is 1. The first-order valence-electron chi connectivity index (χ1n) is 8.14. The van der Waals surface area contributed by atoms with Crippen LogP contribution in [0.4, 0.5) is 0 Å². The molecule has 0 aliphatic carbocycles. The number of aromatic nitrogens is 2. The van der Waals surface area contributed by atoms with Gasteiger partial charge in [-0.1, -0.05) is 28.1 Å². The minimum atomic E-state index is -0.268. The molecule has 0 spiro atoms. The van der Waals surface area contributed by atoms with Gasteiger partial charge in [-0.2, -0.15) is 0 Å². The van der Waals surface area contributed by atoms with E-state index in [2.05, 4.69) is 26.2 Å². The number of ether oxygens (including phenoxy) is 1. The second kappa shape index (κ2) is 8.14. The van der Waals surface area contributed by atoms with E-state index in [0.29, 0.717) is 24.1 Å². The Hall–Kier alpha value is -2.67. The van der Waals surface area contributed by atoms with Crippen LogP contribution in [0.15, 0.2) is 58.1 Å². The van der Waals surface area contributed by atoms with E-state index in [4.69, 9.17) is 4.74 Å². The van der Waals surface area contributed by atoms with E-state index in [-0.39, 0.29) is 18.0 Å². The molecule has 3 aromatic rings. The Labute approximate surface area is 158 Å². The zero-order valence-corrected chi connectivity index (χ0v) is 15.8. The van der Waals surface area contributed by atoms with Crippen LogP contribution in [-0.2, 0) is 11.3 Å². The van der Waals surface area contributed by atoms with Crippen molar-refractivity contribution in [1.29, 1.82) is 0 Å². The Morgan fingerprint density at radius 1 is 1.27 bits per heavy atom. The van der Waals surface area contributed by atoms with E-state index in [9.17, 15) is 9.59 Å². The molecule has 2 aromatic carbocycles. The summed E-state index contributed by atoms with van der Waals surface area (Å²) in [5, 5.41) is 3.21. The summed E-state index contributed by atoms with van der Waals surface area (Å²) >= 11 is 3.34. The molecule has 1 heterocycles. The average Bonchev–Trinajstić information content (AvgIpc) is 2.62. The van der Waals surface area contributed by atoms with E-state index < -0.39 is 0 Å². The van der Waals surface area contributed by atoms with Gasteiger partial charge in [-0.15, -0.1) is 0 Å². The maximum atomic E-state index is 12.5. The van der Waals surface area contributed by atoms with Gasteiger partial charge in [0.25, 0.3) is 5.56 Å². The van der Waals surface area contributed by atoms with Crippen molar-refractivity contribution in [1.82, 2.24) is 14.9 Å². The molecule has 0 aliphatic heterocycles. The Balaban J connectivity index is 1.56. The van der Waals surface area contributed by atoms with Gasteiger partial charge in [0, 0.05) is 4.47 Å². The first-order valence-corrected chi connectivity index (χ1v) is 8.93. The number of carbonyl (C=O) groups is 1. The second-order valence-electron chi connectivity index (χ2n) is 5.85. The van der Waals surface area contributed by atoms with Gasteiger partial charge >= 0.3 is 0 Å². The number of nitrogens with zero attached hydrogens (tertiary/aromatic N) is 2. The van der Waals surface area contributed by atoms with E-state index in [1.54, 1.807) is 12.1 Å². The number of benzene rings is 2. The fourth-order valence-electron chi connectivity index (χ4n) is 2.52. The normalized spacial score (nSPS) is 10.7. The zero-order valence-electron chi connectivity index (χ0n) is 14.2. The Kier molecular flexibility index (Phi) is 5.68. The van der Waals surface area contributed by atoms with Crippen molar-refractivity contribution >= 4 is 32.7 Å². The maximum absolute atomic E-state index is 12.5. The molecule has 0 radical (unpaired) electrons. The van der Waals surface area contributed by atoms with Crippen molar-refractivity contribution in [3.05, 3.63) is 69.2 Å². The van der Waals surface area contributed by atoms with Gasteiger partial charge < -0.3 is 10.1 Å². The first kappa shape index (κ1) is 18.1. The summed E-state index contributed by atoms with van der Waals surface area (Å²) in [5.41, 5.74) is 1.46. The molecule has 26 heavy (non-hydrogen) atoms. The summed E-state index contributed by atoms with van der Waals surface area (Å²) in [5.74, 6) is 0.496. The van der Waals surface area contributed by atoms with Gasteiger partial charge in [0.2, 0.25) is 5.91 Å². The van der Waals surface area contributed by atoms with Gasteiger partial charge in [-0.05, 0) is 42.8 Å². The molecule has 134 valence electrons. The lowest BCUT2D eigenvalue weighted by atomic mass is 10.2. The lowest BCUT2D eigenvalue weighted by Gasteiger charge is -2.09. The Bertz CT molecular complexity index is 1000. The highest BCUT2D eigenvalue weighted by Gasteiger charge is 2.08. The fraction of sp³-hybridized carbons (Fsp3) is 0.211. The number of aryl methyl sites for hydroxylation is 1. The summed E-state index contributed by atoms with van der Waals surface area (Å²) in [7, 11) is 0. The van der Waals surface area contributed by atoms with Crippen LogP contribution in [-0.4, -0.2) is 28.6 Å². The van der Waals surface area contributed by atoms with Crippen LogP contribution in [0.1, 0.15) is 5.56 Å². The lowest BCUT2D eigenvalue weighted by molar-refractivity contribution is -0.121. The van der Waals surface area contributed by atoms with Crippen molar-refractivity contribution in [2.24, 2.45) is 0 Å². The van der Waals surface area contributed by atoms with Gasteiger partial charge in [-0.25, -0.2) is 4.98 Å². The quantitative estimate of drug-likeness (QED) is 0.628. The second-order valence-corrected chi connectivity index (χ2v) is 6.77. The molecule has 7 heteroatoms. The molecular weight excluding hydrogens is 398 g/mol. The molecule has 3 rings (SSSR count). The Morgan fingerprint density at radius 3 is 2.92 bits per heavy atom. The van der Waals surface area contributed by atoms with Crippen molar-refractivity contribution in [3.63, 3.8) is 0 Å². The number of rotatable bonds is 6. The highest BCUT2D eigenvalue weighted by Crippen LogP contribution is 2.14. The van der Waals surface area contributed by atoms with Gasteiger partial charge in [0.15, 0.2) is 0 Å². The molecule has 0 fully saturated rings. The Morgan fingerprint density at radius 2 is 2.12 bits per heavy atom. The van der Waals surface area contributed by atoms with Crippen LogP contribution in [0, 0.1) is 6.92 Å². The van der Waals surface area contributed by atoms with E-state index in [1.165, 1.54) is 10.9 Å². The molecule has 1 aromatic heterocycles. The number of nitrogens with one attached hydrogen (secondary N) is 1. The lowest BCUT2D eigenvalue weighted by Crippen LogP contribution is -2.34. The van der Waals surface area contributed by atoms with Crippen LogP contribution in [0.2, 0.25) is 0 Å². The smallest absolute Gasteiger partial charge is 0.261 e. The minimum Gasteiger partial charge on any atom is -0.492 e. The molecule has 0 bridgehead atoms. The van der Waals surface area contributed by atoms with Gasteiger partial charge in [-0.3, -0.25) is 14.2 Å². The summed E-state index contributed by atoms with van der Waals surface area (Å²) in [6.45, 7) is 2.61. The zero-order chi connectivity index (χ0) is 18.5. The molecular formula is C19H18BrN3O3. The van der Waals surface area contributed by atoms with Crippen molar-refractivity contribution in [2.45, 2.75) is 13.5 Å². The molecule has 6 nitrogen and oxygen atoms in total.